The summed E-state index contributed by atoms with van der Waals surface area (Å²) in [5, 5.41) is 0. The Kier molecular flexibility index (Phi) is 5.01. The molecular weight excluding hydrogens is 228 g/mol. The molecule has 2 rings (SSSR count). The maximum absolute atomic E-state index is 2.62. The topological polar surface area (TPSA) is 0 Å². The molecule has 2 fully saturated rings. The van der Waals surface area contributed by atoms with E-state index in [2.05, 4.69) is 34.6 Å². The molecule has 2 aliphatic carbocycles. The molecule has 19 heavy (non-hydrogen) atoms. The Morgan fingerprint density at radius 3 is 2.42 bits per heavy atom. The Labute approximate surface area is 121 Å². The van der Waals surface area contributed by atoms with Crippen molar-refractivity contribution in [2.24, 2.45) is 35.0 Å². The van der Waals surface area contributed by atoms with Crippen molar-refractivity contribution in [2.75, 3.05) is 0 Å². The van der Waals surface area contributed by atoms with Crippen LogP contribution in [-0.2, 0) is 0 Å². The Hall–Kier alpha value is 0. The minimum Gasteiger partial charge on any atom is -0.0654 e. The van der Waals surface area contributed by atoms with Crippen molar-refractivity contribution in [3.8, 4) is 0 Å². The van der Waals surface area contributed by atoms with Gasteiger partial charge in [0.1, 0.15) is 0 Å². The van der Waals surface area contributed by atoms with Gasteiger partial charge in [-0.2, -0.15) is 0 Å². The fraction of sp³-hybridized carbons (Fsp3) is 1.00. The minimum atomic E-state index is 0.682. The van der Waals surface area contributed by atoms with Crippen molar-refractivity contribution in [2.45, 2.75) is 86.0 Å². The summed E-state index contributed by atoms with van der Waals surface area (Å²) in [6.07, 6.45) is 11.7. The normalized spacial score (nSPS) is 44.1. The summed E-state index contributed by atoms with van der Waals surface area (Å²) in [6.45, 7) is 12.4. The first-order valence-electron chi connectivity index (χ1n) is 9.08. The summed E-state index contributed by atoms with van der Waals surface area (Å²) in [7, 11) is 0. The molecule has 6 unspecified atom stereocenters. The van der Waals surface area contributed by atoms with Crippen molar-refractivity contribution < 1.29 is 0 Å². The fourth-order valence-electron chi connectivity index (χ4n) is 5.84. The number of hydrogen-bond donors (Lipinski definition) is 0. The van der Waals surface area contributed by atoms with Crippen LogP contribution in [0.4, 0.5) is 0 Å². The molecule has 0 spiro atoms. The van der Waals surface area contributed by atoms with Crippen LogP contribution in [0.3, 0.4) is 0 Å². The standard InChI is InChI=1S/C19H36/c1-6-9-15(7-2)17-12-13-19(5)14(4)10-11-18(19)16(17)8-3/h14-18H,6-13H2,1-5H3. The second kappa shape index (κ2) is 6.19. The van der Waals surface area contributed by atoms with Crippen molar-refractivity contribution >= 4 is 0 Å². The highest BCUT2D eigenvalue weighted by Crippen LogP contribution is 2.60. The average Bonchev–Trinajstić information content (AvgIpc) is 2.71. The molecule has 2 aliphatic rings. The highest BCUT2D eigenvalue weighted by atomic mass is 14.6. The van der Waals surface area contributed by atoms with Crippen molar-refractivity contribution in [3.63, 3.8) is 0 Å². The lowest BCUT2D eigenvalue weighted by molar-refractivity contribution is -0.0105. The number of rotatable bonds is 5. The predicted octanol–water partition coefficient (Wildman–Crippen LogP) is 6.30. The molecule has 0 aromatic carbocycles. The molecule has 112 valence electrons. The molecule has 0 aliphatic heterocycles. The van der Waals surface area contributed by atoms with Crippen LogP contribution in [0, 0.1) is 35.0 Å². The summed E-state index contributed by atoms with van der Waals surface area (Å²) >= 11 is 0. The summed E-state index contributed by atoms with van der Waals surface area (Å²) in [5.41, 5.74) is 0.682. The van der Waals surface area contributed by atoms with E-state index in [9.17, 15) is 0 Å². The van der Waals surface area contributed by atoms with Crippen LogP contribution < -0.4 is 0 Å². The van der Waals surface area contributed by atoms with Crippen LogP contribution in [-0.4, -0.2) is 0 Å². The first kappa shape index (κ1) is 15.4. The fourth-order valence-corrected chi connectivity index (χ4v) is 5.84. The maximum Gasteiger partial charge on any atom is -0.0269 e. The second-order valence-corrected chi connectivity index (χ2v) is 7.82. The lowest BCUT2D eigenvalue weighted by Crippen LogP contribution is -2.42. The van der Waals surface area contributed by atoms with Gasteiger partial charge in [0.25, 0.3) is 0 Å². The van der Waals surface area contributed by atoms with E-state index in [1.165, 1.54) is 51.4 Å². The zero-order chi connectivity index (χ0) is 14.0. The van der Waals surface area contributed by atoms with E-state index >= 15 is 0 Å². The largest absolute Gasteiger partial charge is 0.0654 e. The summed E-state index contributed by atoms with van der Waals surface area (Å²) in [5.74, 6) is 5.09. The van der Waals surface area contributed by atoms with Gasteiger partial charge in [-0.25, -0.2) is 0 Å². The molecule has 0 radical (unpaired) electrons. The molecule has 6 atom stereocenters. The molecule has 0 heterocycles. The van der Waals surface area contributed by atoms with Crippen LogP contribution >= 0.6 is 0 Å². The molecule has 0 heteroatoms. The third-order valence-electron chi connectivity index (χ3n) is 7.23. The predicted molar refractivity (Wildman–Crippen MR) is 85.2 cm³/mol. The molecule has 0 aromatic rings. The van der Waals surface area contributed by atoms with Gasteiger partial charge in [0.15, 0.2) is 0 Å². The highest BCUT2D eigenvalue weighted by Gasteiger charge is 2.52. The highest BCUT2D eigenvalue weighted by molar-refractivity contribution is 5.01. The van der Waals surface area contributed by atoms with Crippen LogP contribution in [0.2, 0.25) is 0 Å². The molecule has 2 saturated carbocycles. The van der Waals surface area contributed by atoms with Crippen molar-refractivity contribution in [3.05, 3.63) is 0 Å². The van der Waals surface area contributed by atoms with E-state index in [1.807, 2.05) is 0 Å². The molecule has 0 bridgehead atoms. The van der Waals surface area contributed by atoms with Crippen LogP contribution in [0.15, 0.2) is 0 Å². The summed E-state index contributed by atoms with van der Waals surface area (Å²) in [6, 6.07) is 0. The Morgan fingerprint density at radius 2 is 1.84 bits per heavy atom. The summed E-state index contributed by atoms with van der Waals surface area (Å²) < 4.78 is 0. The number of fused-ring (bicyclic) bond motifs is 1. The molecule has 0 saturated heterocycles. The first-order valence-corrected chi connectivity index (χ1v) is 9.08. The third kappa shape index (κ3) is 2.61. The van der Waals surface area contributed by atoms with Crippen LogP contribution in [0.25, 0.3) is 0 Å². The Morgan fingerprint density at radius 1 is 1.11 bits per heavy atom. The first-order chi connectivity index (χ1) is 9.08. The number of hydrogen-bond acceptors (Lipinski definition) is 0. The van der Waals surface area contributed by atoms with Gasteiger partial charge in [-0.1, -0.05) is 60.3 Å². The monoisotopic (exact) mass is 264 g/mol. The average molecular weight is 264 g/mol. The van der Waals surface area contributed by atoms with E-state index in [1.54, 1.807) is 0 Å². The van der Waals surface area contributed by atoms with E-state index < -0.39 is 0 Å². The third-order valence-corrected chi connectivity index (χ3v) is 7.23. The van der Waals surface area contributed by atoms with Crippen molar-refractivity contribution in [1.29, 1.82) is 0 Å². The van der Waals surface area contributed by atoms with Gasteiger partial charge in [-0.3, -0.25) is 0 Å². The zero-order valence-electron chi connectivity index (χ0n) is 14.0. The minimum absolute atomic E-state index is 0.682. The quantitative estimate of drug-likeness (QED) is 0.546. The van der Waals surface area contributed by atoms with Gasteiger partial charge in [0.05, 0.1) is 0 Å². The van der Waals surface area contributed by atoms with E-state index in [-0.39, 0.29) is 0 Å². The smallest absolute Gasteiger partial charge is 0.0269 e. The van der Waals surface area contributed by atoms with Gasteiger partial charge >= 0.3 is 0 Å². The van der Waals surface area contributed by atoms with E-state index in [0.29, 0.717) is 5.41 Å². The van der Waals surface area contributed by atoms with Gasteiger partial charge in [-0.15, -0.1) is 0 Å². The van der Waals surface area contributed by atoms with E-state index in [0.717, 1.165) is 29.6 Å². The summed E-state index contributed by atoms with van der Waals surface area (Å²) in [4.78, 5) is 0. The second-order valence-electron chi connectivity index (χ2n) is 7.82. The molecule has 0 nitrogen and oxygen atoms in total. The molecule has 0 amide bonds. The molecule has 0 N–H and O–H groups in total. The van der Waals surface area contributed by atoms with Gasteiger partial charge in [-0.05, 0) is 60.7 Å². The maximum atomic E-state index is 2.62. The van der Waals surface area contributed by atoms with Crippen LogP contribution in [0.1, 0.15) is 86.0 Å². The van der Waals surface area contributed by atoms with Gasteiger partial charge < -0.3 is 0 Å². The SMILES string of the molecule is CCCC(CC)C1CCC2(C)C(C)CCC2C1CC. The van der Waals surface area contributed by atoms with Crippen LogP contribution in [0.5, 0.6) is 0 Å². The lowest BCUT2D eigenvalue weighted by Gasteiger charge is -2.50. The van der Waals surface area contributed by atoms with Gasteiger partial charge in [0, 0.05) is 0 Å². The molecular formula is C19H36. The van der Waals surface area contributed by atoms with E-state index in [4.69, 9.17) is 0 Å². The van der Waals surface area contributed by atoms with Gasteiger partial charge in [0.2, 0.25) is 0 Å². The Balaban J connectivity index is 2.16. The Bertz CT molecular complexity index is 282. The molecule has 0 aromatic heterocycles. The zero-order valence-corrected chi connectivity index (χ0v) is 14.0. The lowest BCUT2D eigenvalue weighted by atomic mass is 9.55. The van der Waals surface area contributed by atoms with Crippen molar-refractivity contribution in [1.82, 2.24) is 0 Å².